The smallest absolute Gasteiger partial charge is 0.119 e. The second kappa shape index (κ2) is 7.43. The van der Waals surface area contributed by atoms with Crippen LogP contribution in [-0.4, -0.2) is 44.2 Å². The van der Waals surface area contributed by atoms with Crippen LogP contribution >= 0.6 is 15.9 Å². The molecule has 0 saturated carbocycles. The Morgan fingerprint density at radius 3 is 2.50 bits per heavy atom. The lowest BCUT2D eigenvalue weighted by Gasteiger charge is -2.41. The first kappa shape index (κ1) is 17.5. The predicted octanol–water partition coefficient (Wildman–Crippen LogP) is 3.32. The van der Waals surface area contributed by atoms with Gasteiger partial charge >= 0.3 is 0 Å². The monoisotopic (exact) mass is 342 g/mol. The van der Waals surface area contributed by atoms with Gasteiger partial charge in [-0.25, -0.2) is 0 Å². The molecule has 1 aromatic carbocycles. The molecule has 4 heteroatoms. The number of hydrogen-bond acceptors (Lipinski definition) is 3. The molecule has 1 N–H and O–H groups in total. The van der Waals surface area contributed by atoms with Crippen molar-refractivity contribution in [1.82, 2.24) is 10.2 Å². The van der Waals surface area contributed by atoms with Gasteiger partial charge in [0.15, 0.2) is 0 Å². The lowest BCUT2D eigenvalue weighted by Crippen LogP contribution is -2.56. The first-order valence-electron chi connectivity index (χ1n) is 7.06. The standard InChI is InChI=1S/C16H27BrN2O/c1-7-18-15(16(2,3)19(4)5)11-12-10-13(20-6)8-9-14(12)17/h8-10,15,18H,7,11H2,1-6H3. The number of methoxy groups -OCH3 is 1. The summed E-state index contributed by atoms with van der Waals surface area (Å²) in [4.78, 5) is 2.27. The zero-order valence-corrected chi connectivity index (χ0v) is 15.0. The number of ether oxygens (including phenoxy) is 1. The molecular weight excluding hydrogens is 316 g/mol. The fraction of sp³-hybridized carbons (Fsp3) is 0.625. The molecule has 0 fully saturated rings. The molecule has 0 aliphatic heterocycles. The largest absolute Gasteiger partial charge is 0.497 e. The van der Waals surface area contributed by atoms with Crippen LogP contribution in [-0.2, 0) is 6.42 Å². The van der Waals surface area contributed by atoms with Gasteiger partial charge in [-0.1, -0.05) is 22.9 Å². The molecule has 0 bridgehead atoms. The van der Waals surface area contributed by atoms with Crippen molar-refractivity contribution in [2.45, 2.75) is 38.8 Å². The summed E-state index contributed by atoms with van der Waals surface area (Å²) in [6, 6.07) is 6.51. The van der Waals surface area contributed by atoms with Gasteiger partial charge in [-0.15, -0.1) is 0 Å². The topological polar surface area (TPSA) is 24.5 Å². The van der Waals surface area contributed by atoms with Gasteiger partial charge in [0.2, 0.25) is 0 Å². The lowest BCUT2D eigenvalue weighted by molar-refractivity contribution is 0.138. The van der Waals surface area contributed by atoms with Crippen molar-refractivity contribution in [1.29, 1.82) is 0 Å². The molecule has 1 aromatic rings. The summed E-state index contributed by atoms with van der Waals surface area (Å²) >= 11 is 3.65. The second-order valence-corrected chi connectivity index (χ2v) is 6.67. The molecular formula is C16H27BrN2O. The van der Waals surface area contributed by atoms with Crippen molar-refractivity contribution in [3.8, 4) is 5.75 Å². The molecule has 114 valence electrons. The van der Waals surface area contributed by atoms with E-state index in [1.54, 1.807) is 7.11 Å². The van der Waals surface area contributed by atoms with Crippen molar-refractivity contribution >= 4 is 15.9 Å². The zero-order valence-electron chi connectivity index (χ0n) is 13.5. The van der Waals surface area contributed by atoms with E-state index in [0.717, 1.165) is 23.2 Å². The molecule has 1 unspecified atom stereocenters. The van der Waals surface area contributed by atoms with Crippen LogP contribution in [0.5, 0.6) is 5.75 Å². The van der Waals surface area contributed by atoms with E-state index >= 15 is 0 Å². The SMILES string of the molecule is CCNC(Cc1cc(OC)ccc1Br)C(C)(C)N(C)C. The quantitative estimate of drug-likeness (QED) is 0.822. The van der Waals surface area contributed by atoms with Crippen LogP contribution in [0.3, 0.4) is 0 Å². The lowest BCUT2D eigenvalue weighted by atomic mass is 9.88. The van der Waals surface area contributed by atoms with E-state index in [0.29, 0.717) is 6.04 Å². The summed E-state index contributed by atoms with van der Waals surface area (Å²) < 4.78 is 6.47. The minimum absolute atomic E-state index is 0.0680. The molecule has 0 heterocycles. The first-order valence-corrected chi connectivity index (χ1v) is 7.85. The maximum Gasteiger partial charge on any atom is 0.119 e. The molecule has 0 radical (unpaired) electrons. The third-order valence-electron chi connectivity index (χ3n) is 4.13. The fourth-order valence-corrected chi connectivity index (χ4v) is 2.59. The Kier molecular flexibility index (Phi) is 6.49. The number of likely N-dealkylation sites (N-methyl/N-ethyl adjacent to an activating group) is 2. The highest BCUT2D eigenvalue weighted by Crippen LogP contribution is 2.27. The Labute approximate surface area is 131 Å². The molecule has 0 aliphatic rings. The van der Waals surface area contributed by atoms with Crippen LogP contribution in [0.25, 0.3) is 0 Å². The van der Waals surface area contributed by atoms with Gasteiger partial charge in [0.25, 0.3) is 0 Å². The fourth-order valence-electron chi connectivity index (χ4n) is 2.18. The van der Waals surface area contributed by atoms with Crippen LogP contribution in [0.15, 0.2) is 22.7 Å². The molecule has 20 heavy (non-hydrogen) atoms. The summed E-state index contributed by atoms with van der Waals surface area (Å²) in [5.74, 6) is 0.904. The number of nitrogens with zero attached hydrogens (tertiary/aromatic N) is 1. The number of hydrogen-bond donors (Lipinski definition) is 1. The van der Waals surface area contributed by atoms with E-state index in [4.69, 9.17) is 4.74 Å². The second-order valence-electron chi connectivity index (χ2n) is 5.82. The maximum absolute atomic E-state index is 5.33. The van der Waals surface area contributed by atoms with Gasteiger partial charge in [-0.3, -0.25) is 0 Å². The zero-order chi connectivity index (χ0) is 15.3. The highest BCUT2D eigenvalue weighted by Gasteiger charge is 2.31. The molecule has 0 aromatic heterocycles. The number of rotatable bonds is 7. The summed E-state index contributed by atoms with van der Waals surface area (Å²) in [6.45, 7) is 7.66. The van der Waals surface area contributed by atoms with Crippen LogP contribution < -0.4 is 10.1 Å². The first-order chi connectivity index (χ1) is 9.32. The number of halogens is 1. The van der Waals surface area contributed by atoms with Gasteiger partial charge in [0, 0.05) is 16.1 Å². The van der Waals surface area contributed by atoms with E-state index in [-0.39, 0.29) is 5.54 Å². The molecule has 1 rings (SSSR count). The molecule has 0 saturated heterocycles. The maximum atomic E-state index is 5.33. The molecule has 3 nitrogen and oxygen atoms in total. The van der Waals surface area contributed by atoms with Crippen molar-refractivity contribution in [3.05, 3.63) is 28.2 Å². The van der Waals surface area contributed by atoms with Crippen molar-refractivity contribution in [2.24, 2.45) is 0 Å². The van der Waals surface area contributed by atoms with Gasteiger partial charge in [0.05, 0.1) is 7.11 Å². The minimum atomic E-state index is 0.0680. The average Bonchev–Trinajstić information content (AvgIpc) is 2.40. The van der Waals surface area contributed by atoms with E-state index in [1.165, 1.54) is 5.56 Å². The van der Waals surface area contributed by atoms with Gasteiger partial charge in [-0.2, -0.15) is 0 Å². The minimum Gasteiger partial charge on any atom is -0.497 e. The molecule has 0 amide bonds. The third kappa shape index (κ3) is 4.21. The van der Waals surface area contributed by atoms with Crippen molar-refractivity contribution < 1.29 is 4.74 Å². The summed E-state index contributed by atoms with van der Waals surface area (Å²) in [5, 5.41) is 3.61. The summed E-state index contributed by atoms with van der Waals surface area (Å²) in [7, 11) is 5.97. The van der Waals surface area contributed by atoms with E-state index < -0.39 is 0 Å². The predicted molar refractivity (Wildman–Crippen MR) is 89.6 cm³/mol. The number of benzene rings is 1. The Morgan fingerprint density at radius 2 is 2.00 bits per heavy atom. The van der Waals surface area contributed by atoms with E-state index in [1.807, 2.05) is 6.07 Å². The normalized spacial score (nSPS) is 13.6. The molecule has 1 atom stereocenters. The molecule has 0 spiro atoms. The Bertz CT molecular complexity index is 432. The van der Waals surface area contributed by atoms with Crippen LogP contribution in [0.4, 0.5) is 0 Å². The van der Waals surface area contributed by atoms with Crippen LogP contribution in [0.1, 0.15) is 26.3 Å². The van der Waals surface area contributed by atoms with E-state index in [2.05, 4.69) is 73.1 Å². The Balaban J connectivity index is 3.01. The van der Waals surface area contributed by atoms with Crippen molar-refractivity contribution in [2.75, 3.05) is 27.7 Å². The molecule has 0 aliphatic carbocycles. The average molecular weight is 343 g/mol. The third-order valence-corrected chi connectivity index (χ3v) is 4.91. The van der Waals surface area contributed by atoms with Crippen LogP contribution in [0.2, 0.25) is 0 Å². The van der Waals surface area contributed by atoms with Gasteiger partial charge in [-0.05, 0) is 64.7 Å². The van der Waals surface area contributed by atoms with Crippen LogP contribution in [0, 0.1) is 0 Å². The highest BCUT2D eigenvalue weighted by molar-refractivity contribution is 9.10. The summed E-state index contributed by atoms with van der Waals surface area (Å²) in [6.07, 6.45) is 0.955. The van der Waals surface area contributed by atoms with Gasteiger partial charge in [0.1, 0.15) is 5.75 Å². The summed E-state index contributed by atoms with van der Waals surface area (Å²) in [5.41, 5.74) is 1.34. The highest BCUT2D eigenvalue weighted by atomic mass is 79.9. The van der Waals surface area contributed by atoms with E-state index in [9.17, 15) is 0 Å². The number of nitrogens with one attached hydrogen (secondary N) is 1. The Hall–Kier alpha value is -0.580. The van der Waals surface area contributed by atoms with Crippen molar-refractivity contribution in [3.63, 3.8) is 0 Å². The Morgan fingerprint density at radius 1 is 1.35 bits per heavy atom. The van der Waals surface area contributed by atoms with Gasteiger partial charge < -0.3 is 15.0 Å².